The van der Waals surface area contributed by atoms with Gasteiger partial charge < -0.3 is 0 Å². The molecule has 1 rings (SSSR count). The lowest BCUT2D eigenvalue weighted by Crippen LogP contribution is -2.13. The highest BCUT2D eigenvalue weighted by atomic mass is 32.2. The van der Waals surface area contributed by atoms with Gasteiger partial charge in [0.1, 0.15) is 0 Å². The number of hydrogen-bond acceptors (Lipinski definition) is 2. The molecular formula is C30H54O3S. The molecule has 1 aromatic carbocycles. The third-order valence-electron chi connectivity index (χ3n) is 7.14. The Bertz CT molecular complexity index is 768. The first-order valence-corrected chi connectivity index (χ1v) is 16.0. The molecule has 0 unspecified atom stereocenters. The first kappa shape index (κ1) is 31.2. The van der Waals surface area contributed by atoms with E-state index in [2.05, 4.69) is 27.7 Å². The van der Waals surface area contributed by atoms with Gasteiger partial charge in [-0.3, -0.25) is 4.55 Å². The summed E-state index contributed by atoms with van der Waals surface area (Å²) < 4.78 is 34.9. The van der Waals surface area contributed by atoms with Crippen molar-refractivity contribution in [2.24, 2.45) is 0 Å². The minimum Gasteiger partial charge on any atom is -0.282 e. The second kappa shape index (κ2) is 18.4. The fourth-order valence-corrected chi connectivity index (χ4v) is 5.89. The van der Waals surface area contributed by atoms with Crippen molar-refractivity contribution in [3.8, 4) is 0 Å². The van der Waals surface area contributed by atoms with Gasteiger partial charge in [0.2, 0.25) is 0 Å². The molecule has 0 aromatic heterocycles. The zero-order valence-electron chi connectivity index (χ0n) is 22.9. The van der Waals surface area contributed by atoms with Crippen LogP contribution in [0.5, 0.6) is 0 Å². The van der Waals surface area contributed by atoms with Crippen LogP contribution in [0.15, 0.2) is 11.0 Å². The molecule has 0 radical (unpaired) electrons. The molecule has 0 spiro atoms. The topological polar surface area (TPSA) is 54.4 Å². The maximum Gasteiger partial charge on any atom is 0.294 e. The molecule has 3 nitrogen and oxygen atoms in total. The van der Waals surface area contributed by atoms with E-state index in [-0.39, 0.29) is 4.90 Å². The zero-order valence-corrected chi connectivity index (χ0v) is 23.7. The fraction of sp³-hybridized carbons (Fsp3) is 0.800. The first-order valence-electron chi connectivity index (χ1n) is 14.5. The van der Waals surface area contributed by atoms with E-state index in [1.165, 1.54) is 75.3 Å². The third kappa shape index (κ3) is 11.7. The molecule has 0 bridgehead atoms. The number of hydrogen-bond donors (Lipinski definition) is 1. The van der Waals surface area contributed by atoms with Crippen LogP contribution in [-0.4, -0.2) is 13.0 Å². The average Bonchev–Trinajstić information content (AvgIpc) is 2.81. The lowest BCUT2D eigenvalue weighted by Gasteiger charge is -2.22. The van der Waals surface area contributed by atoms with E-state index in [1.807, 2.05) is 6.07 Å². The van der Waals surface area contributed by atoms with Gasteiger partial charge in [-0.1, -0.05) is 105 Å². The Morgan fingerprint density at radius 2 is 0.941 bits per heavy atom. The van der Waals surface area contributed by atoms with E-state index < -0.39 is 10.1 Å². The highest BCUT2D eigenvalue weighted by Gasteiger charge is 2.23. The van der Waals surface area contributed by atoms with E-state index >= 15 is 0 Å². The molecular weight excluding hydrogens is 440 g/mol. The minimum atomic E-state index is -4.22. The van der Waals surface area contributed by atoms with Gasteiger partial charge in [-0.05, 0) is 79.7 Å². The second-order valence-corrected chi connectivity index (χ2v) is 11.6. The van der Waals surface area contributed by atoms with Crippen molar-refractivity contribution in [3.05, 3.63) is 28.3 Å². The monoisotopic (exact) mass is 494 g/mol. The van der Waals surface area contributed by atoms with Gasteiger partial charge in [0.25, 0.3) is 10.1 Å². The Morgan fingerprint density at radius 3 is 1.44 bits per heavy atom. The molecule has 4 heteroatoms. The highest BCUT2D eigenvalue weighted by molar-refractivity contribution is 7.85. The van der Waals surface area contributed by atoms with Crippen LogP contribution in [0.2, 0.25) is 0 Å². The van der Waals surface area contributed by atoms with E-state index in [0.717, 1.165) is 75.3 Å². The summed E-state index contributed by atoms with van der Waals surface area (Å²) in [4.78, 5) is 0.185. The molecule has 0 saturated heterocycles. The van der Waals surface area contributed by atoms with Gasteiger partial charge in [0.05, 0.1) is 4.90 Å². The number of rotatable bonds is 21. The summed E-state index contributed by atoms with van der Waals surface area (Å²) in [6.45, 7) is 8.78. The van der Waals surface area contributed by atoms with Crippen LogP contribution in [0.4, 0.5) is 0 Å². The highest BCUT2D eigenvalue weighted by Crippen LogP contribution is 2.32. The van der Waals surface area contributed by atoms with Crippen LogP contribution in [0, 0.1) is 0 Å². The molecule has 0 fully saturated rings. The predicted molar refractivity (Wildman–Crippen MR) is 148 cm³/mol. The van der Waals surface area contributed by atoms with E-state index in [1.54, 1.807) is 0 Å². The summed E-state index contributed by atoms with van der Waals surface area (Å²) in [5.41, 5.74) is 4.71. The largest absolute Gasteiger partial charge is 0.294 e. The average molecular weight is 495 g/mol. The molecule has 1 aromatic rings. The van der Waals surface area contributed by atoms with Crippen LogP contribution < -0.4 is 0 Å². The molecule has 0 saturated carbocycles. The minimum absolute atomic E-state index is 0.185. The SMILES string of the molecule is CCCCCCCCCCCCc1c(CCCC)cc(S(=O)(=O)O)c(CCCC)c1CCCC. The lowest BCUT2D eigenvalue weighted by molar-refractivity contribution is 0.481. The second-order valence-electron chi connectivity index (χ2n) is 10.2. The van der Waals surface area contributed by atoms with Gasteiger partial charge in [-0.2, -0.15) is 8.42 Å². The van der Waals surface area contributed by atoms with Crippen molar-refractivity contribution in [3.63, 3.8) is 0 Å². The maximum absolute atomic E-state index is 12.4. The van der Waals surface area contributed by atoms with E-state index in [9.17, 15) is 13.0 Å². The molecule has 0 aliphatic heterocycles. The van der Waals surface area contributed by atoms with Crippen molar-refractivity contribution in [2.75, 3.05) is 0 Å². The Labute approximate surface area is 212 Å². The third-order valence-corrected chi connectivity index (χ3v) is 8.06. The first-order chi connectivity index (χ1) is 16.4. The molecule has 0 atom stereocenters. The smallest absolute Gasteiger partial charge is 0.282 e. The molecule has 198 valence electrons. The molecule has 34 heavy (non-hydrogen) atoms. The molecule has 0 aliphatic carbocycles. The van der Waals surface area contributed by atoms with Crippen LogP contribution >= 0.6 is 0 Å². The van der Waals surface area contributed by atoms with Crippen molar-refractivity contribution in [1.82, 2.24) is 0 Å². The summed E-state index contributed by atoms with van der Waals surface area (Å²) in [7, 11) is -4.22. The van der Waals surface area contributed by atoms with E-state index in [4.69, 9.17) is 0 Å². The zero-order chi connectivity index (χ0) is 25.2. The number of aryl methyl sites for hydroxylation is 1. The number of unbranched alkanes of at least 4 members (excludes halogenated alkanes) is 12. The van der Waals surface area contributed by atoms with Crippen LogP contribution in [0.25, 0.3) is 0 Å². The summed E-state index contributed by atoms with van der Waals surface area (Å²) in [6.07, 6.45) is 23.1. The van der Waals surface area contributed by atoms with Gasteiger partial charge in [-0.25, -0.2) is 0 Å². The molecule has 0 amide bonds. The Kier molecular flexibility index (Phi) is 16.9. The summed E-state index contributed by atoms with van der Waals surface area (Å²) in [5.74, 6) is 0. The quantitative estimate of drug-likeness (QED) is 0.137. The molecule has 0 heterocycles. The standard InChI is InChI=1S/C30H54O3S/c1-5-9-13-14-15-16-17-18-19-20-24-27-26(21-10-6-2)25-30(34(31,32)33)29(23-12-8-4)28(27)22-11-7-3/h25H,5-24H2,1-4H3,(H,31,32,33). The van der Waals surface area contributed by atoms with Gasteiger partial charge in [0, 0.05) is 0 Å². The number of benzene rings is 1. The van der Waals surface area contributed by atoms with Crippen LogP contribution in [0.3, 0.4) is 0 Å². The normalized spacial score (nSPS) is 11.9. The summed E-state index contributed by atoms with van der Waals surface area (Å²) in [6, 6.07) is 1.83. The lowest BCUT2D eigenvalue weighted by atomic mass is 9.86. The van der Waals surface area contributed by atoms with Crippen molar-refractivity contribution >= 4 is 10.1 Å². The van der Waals surface area contributed by atoms with Crippen LogP contribution in [0.1, 0.15) is 153 Å². The fourth-order valence-electron chi connectivity index (χ4n) is 5.06. The Morgan fingerprint density at radius 1 is 0.529 bits per heavy atom. The van der Waals surface area contributed by atoms with E-state index in [0.29, 0.717) is 0 Å². The van der Waals surface area contributed by atoms with Crippen molar-refractivity contribution < 1.29 is 13.0 Å². The molecule has 0 aliphatic rings. The molecule has 1 N–H and O–H groups in total. The maximum atomic E-state index is 12.4. The van der Waals surface area contributed by atoms with Crippen molar-refractivity contribution in [2.45, 2.75) is 161 Å². The summed E-state index contributed by atoms with van der Waals surface area (Å²) >= 11 is 0. The van der Waals surface area contributed by atoms with Crippen molar-refractivity contribution in [1.29, 1.82) is 0 Å². The van der Waals surface area contributed by atoms with Gasteiger partial charge in [0.15, 0.2) is 0 Å². The van der Waals surface area contributed by atoms with Gasteiger partial charge in [-0.15, -0.1) is 0 Å². The predicted octanol–water partition coefficient (Wildman–Crippen LogP) is 9.42. The summed E-state index contributed by atoms with van der Waals surface area (Å²) in [5, 5.41) is 0. The van der Waals surface area contributed by atoms with Gasteiger partial charge >= 0.3 is 0 Å². The van der Waals surface area contributed by atoms with Crippen LogP contribution in [-0.2, 0) is 35.8 Å². The Hall–Kier alpha value is -0.870. The Balaban J connectivity index is 3.03.